The Kier molecular flexibility index (Phi) is 4.48. The van der Waals surface area contributed by atoms with E-state index in [4.69, 9.17) is 4.74 Å². The number of ether oxygens (including phenoxy) is 1. The smallest absolute Gasteiger partial charge is 0.368 e. The van der Waals surface area contributed by atoms with E-state index in [1.165, 1.54) is 9.36 Å². The SMILES string of the molecule is Cc1cccc(-n2nnn(C)c2=O)c1COc1cccc(-c2cnn(C)c2)n1. The summed E-state index contributed by atoms with van der Waals surface area (Å²) in [4.78, 5) is 16.8. The highest BCUT2D eigenvalue weighted by molar-refractivity contribution is 5.57. The minimum absolute atomic E-state index is 0.245. The maximum Gasteiger partial charge on any atom is 0.368 e. The van der Waals surface area contributed by atoms with E-state index in [2.05, 4.69) is 20.5 Å². The van der Waals surface area contributed by atoms with Crippen molar-refractivity contribution >= 4 is 0 Å². The van der Waals surface area contributed by atoms with Crippen LogP contribution in [0.4, 0.5) is 0 Å². The van der Waals surface area contributed by atoms with Crippen LogP contribution in [0.1, 0.15) is 11.1 Å². The van der Waals surface area contributed by atoms with Gasteiger partial charge in [0.25, 0.3) is 0 Å². The van der Waals surface area contributed by atoms with Crippen molar-refractivity contribution in [2.24, 2.45) is 14.1 Å². The van der Waals surface area contributed by atoms with E-state index in [-0.39, 0.29) is 12.3 Å². The van der Waals surface area contributed by atoms with Crippen LogP contribution in [0, 0.1) is 6.92 Å². The van der Waals surface area contributed by atoms with Gasteiger partial charge in [-0.2, -0.15) is 14.5 Å². The first-order valence-electron chi connectivity index (χ1n) is 8.69. The van der Waals surface area contributed by atoms with Gasteiger partial charge >= 0.3 is 5.69 Å². The van der Waals surface area contributed by atoms with Crippen LogP contribution in [-0.2, 0) is 20.7 Å². The lowest BCUT2D eigenvalue weighted by Crippen LogP contribution is -2.23. The van der Waals surface area contributed by atoms with Crippen molar-refractivity contribution in [1.29, 1.82) is 0 Å². The van der Waals surface area contributed by atoms with Gasteiger partial charge in [-0.05, 0) is 35.0 Å². The fraction of sp³-hybridized carbons (Fsp3) is 0.211. The molecule has 3 heterocycles. The third-order valence-electron chi connectivity index (χ3n) is 4.42. The highest BCUT2D eigenvalue weighted by Crippen LogP contribution is 2.22. The van der Waals surface area contributed by atoms with Gasteiger partial charge in [0.15, 0.2) is 0 Å². The standard InChI is InChI=1S/C19H19N7O2/c1-13-6-4-8-17(26-19(27)25(3)22-23-26)15(13)12-28-18-9-5-7-16(21-18)14-10-20-24(2)11-14/h4-11H,12H2,1-3H3. The molecule has 0 spiro atoms. The summed E-state index contributed by atoms with van der Waals surface area (Å²) in [5.74, 6) is 0.488. The normalized spacial score (nSPS) is 11.0. The van der Waals surface area contributed by atoms with Crippen LogP contribution in [0.2, 0.25) is 0 Å². The molecule has 0 N–H and O–H groups in total. The Bertz CT molecular complexity index is 1190. The molecule has 142 valence electrons. The highest BCUT2D eigenvalue weighted by Gasteiger charge is 2.14. The zero-order chi connectivity index (χ0) is 19.7. The first kappa shape index (κ1) is 17.7. The van der Waals surface area contributed by atoms with Gasteiger partial charge in [-0.1, -0.05) is 18.2 Å². The Morgan fingerprint density at radius 2 is 1.89 bits per heavy atom. The molecule has 0 saturated carbocycles. The van der Waals surface area contributed by atoms with Crippen LogP contribution in [0.15, 0.2) is 53.6 Å². The maximum atomic E-state index is 12.3. The molecule has 0 aliphatic rings. The lowest BCUT2D eigenvalue weighted by atomic mass is 10.1. The molecule has 4 rings (SSSR count). The fourth-order valence-electron chi connectivity index (χ4n) is 2.89. The van der Waals surface area contributed by atoms with Gasteiger partial charge in [0.2, 0.25) is 5.88 Å². The van der Waals surface area contributed by atoms with E-state index in [0.29, 0.717) is 11.6 Å². The molecule has 0 atom stereocenters. The Morgan fingerprint density at radius 3 is 2.61 bits per heavy atom. The molecule has 9 heteroatoms. The second-order valence-electron chi connectivity index (χ2n) is 6.42. The van der Waals surface area contributed by atoms with Gasteiger partial charge in [-0.25, -0.2) is 9.78 Å². The largest absolute Gasteiger partial charge is 0.473 e. The van der Waals surface area contributed by atoms with Gasteiger partial charge in [-0.3, -0.25) is 4.68 Å². The molecule has 0 unspecified atom stereocenters. The first-order chi connectivity index (χ1) is 13.5. The summed E-state index contributed by atoms with van der Waals surface area (Å²) in [6.45, 7) is 2.21. The van der Waals surface area contributed by atoms with E-state index in [0.717, 1.165) is 22.4 Å². The number of tetrazole rings is 1. The molecule has 9 nitrogen and oxygen atoms in total. The monoisotopic (exact) mass is 377 g/mol. The van der Waals surface area contributed by atoms with Crippen molar-refractivity contribution < 1.29 is 4.74 Å². The molecule has 0 aliphatic heterocycles. The van der Waals surface area contributed by atoms with Crippen molar-refractivity contribution in [3.8, 4) is 22.8 Å². The van der Waals surface area contributed by atoms with Crippen molar-refractivity contribution in [2.45, 2.75) is 13.5 Å². The molecule has 1 aromatic carbocycles. The van der Waals surface area contributed by atoms with E-state index < -0.39 is 0 Å². The average Bonchev–Trinajstić information content (AvgIpc) is 3.27. The fourth-order valence-corrected chi connectivity index (χ4v) is 2.89. The van der Waals surface area contributed by atoms with E-state index in [1.54, 1.807) is 24.0 Å². The third-order valence-corrected chi connectivity index (χ3v) is 4.42. The molecule has 0 amide bonds. The van der Waals surface area contributed by atoms with Crippen molar-refractivity contribution in [2.75, 3.05) is 0 Å². The molecule has 0 bridgehead atoms. The zero-order valence-electron chi connectivity index (χ0n) is 15.8. The van der Waals surface area contributed by atoms with Gasteiger partial charge in [0.05, 0.1) is 17.6 Å². The van der Waals surface area contributed by atoms with Gasteiger partial charge in [0, 0.05) is 37.5 Å². The maximum absolute atomic E-state index is 12.3. The van der Waals surface area contributed by atoms with Gasteiger partial charge < -0.3 is 4.74 Å². The predicted octanol–water partition coefficient (Wildman–Crippen LogP) is 1.65. The highest BCUT2D eigenvalue weighted by atomic mass is 16.5. The number of aryl methyl sites for hydroxylation is 3. The Morgan fingerprint density at radius 1 is 1.07 bits per heavy atom. The molecule has 28 heavy (non-hydrogen) atoms. The topological polar surface area (TPSA) is 92.6 Å². The minimum atomic E-state index is -0.316. The van der Waals surface area contributed by atoms with Crippen LogP contribution >= 0.6 is 0 Å². The van der Waals surface area contributed by atoms with Crippen LogP contribution in [0.25, 0.3) is 16.9 Å². The Balaban J connectivity index is 1.63. The lowest BCUT2D eigenvalue weighted by Gasteiger charge is -2.12. The summed E-state index contributed by atoms with van der Waals surface area (Å²) in [6.07, 6.45) is 3.65. The molecular formula is C19H19N7O2. The van der Waals surface area contributed by atoms with E-state index in [1.807, 2.05) is 50.5 Å². The quantitative estimate of drug-likeness (QED) is 0.525. The summed E-state index contributed by atoms with van der Waals surface area (Å²) < 4.78 is 10.1. The van der Waals surface area contributed by atoms with Crippen LogP contribution < -0.4 is 10.4 Å². The third kappa shape index (κ3) is 3.29. The number of nitrogens with zero attached hydrogens (tertiary/aromatic N) is 7. The number of hydrogen-bond donors (Lipinski definition) is 0. The summed E-state index contributed by atoms with van der Waals surface area (Å²) >= 11 is 0. The molecule has 0 radical (unpaired) electrons. The second-order valence-corrected chi connectivity index (χ2v) is 6.42. The number of pyridine rings is 1. The van der Waals surface area contributed by atoms with Crippen LogP contribution in [-0.4, -0.2) is 34.6 Å². The summed E-state index contributed by atoms with van der Waals surface area (Å²) in [6, 6.07) is 11.2. The molecule has 0 fully saturated rings. The number of rotatable bonds is 5. The van der Waals surface area contributed by atoms with Crippen LogP contribution in [0.5, 0.6) is 5.88 Å². The van der Waals surface area contributed by atoms with E-state index >= 15 is 0 Å². The Hall–Kier alpha value is -3.75. The molecule has 3 aromatic heterocycles. The molecule has 4 aromatic rings. The summed E-state index contributed by atoms with van der Waals surface area (Å²) in [7, 11) is 3.42. The summed E-state index contributed by atoms with van der Waals surface area (Å²) in [5.41, 5.74) is 3.85. The van der Waals surface area contributed by atoms with Crippen molar-refractivity contribution in [3.63, 3.8) is 0 Å². The van der Waals surface area contributed by atoms with E-state index in [9.17, 15) is 4.79 Å². The average molecular weight is 377 g/mol. The molecule has 0 saturated heterocycles. The summed E-state index contributed by atoms with van der Waals surface area (Å²) in [5, 5.41) is 11.9. The van der Waals surface area contributed by atoms with Crippen LogP contribution in [0.3, 0.4) is 0 Å². The lowest BCUT2D eigenvalue weighted by molar-refractivity contribution is 0.293. The van der Waals surface area contributed by atoms with Gasteiger partial charge in [-0.15, -0.1) is 0 Å². The number of hydrogen-bond acceptors (Lipinski definition) is 6. The Labute approximate surface area is 160 Å². The first-order valence-corrected chi connectivity index (χ1v) is 8.69. The zero-order valence-corrected chi connectivity index (χ0v) is 15.8. The number of aromatic nitrogens is 7. The van der Waals surface area contributed by atoms with Gasteiger partial charge in [0.1, 0.15) is 6.61 Å². The predicted molar refractivity (Wildman–Crippen MR) is 102 cm³/mol. The van der Waals surface area contributed by atoms with Crippen molar-refractivity contribution in [1.82, 2.24) is 34.6 Å². The molecular weight excluding hydrogens is 358 g/mol. The second kappa shape index (κ2) is 7.10. The number of benzene rings is 1. The molecule has 0 aliphatic carbocycles. The van der Waals surface area contributed by atoms with Crippen molar-refractivity contribution in [3.05, 3.63) is 70.4 Å². The minimum Gasteiger partial charge on any atom is -0.473 e.